The minimum absolute atomic E-state index is 0.0669. The fraction of sp³-hybridized carbons (Fsp3) is 0.909. The van der Waals surface area contributed by atoms with Gasteiger partial charge in [0.05, 0.1) is 19.3 Å². The van der Waals surface area contributed by atoms with Crippen molar-refractivity contribution in [2.24, 2.45) is 5.73 Å². The predicted molar refractivity (Wildman–Crippen MR) is 63.2 cm³/mol. The summed E-state index contributed by atoms with van der Waals surface area (Å²) >= 11 is 0. The molecule has 1 amide bonds. The first kappa shape index (κ1) is 15.3. The van der Waals surface area contributed by atoms with Gasteiger partial charge in [0, 0.05) is 20.3 Å². The van der Waals surface area contributed by atoms with Crippen molar-refractivity contribution in [2.75, 3.05) is 33.5 Å². The summed E-state index contributed by atoms with van der Waals surface area (Å²) < 4.78 is 10.1. The van der Waals surface area contributed by atoms with E-state index in [2.05, 4.69) is 5.32 Å². The van der Waals surface area contributed by atoms with Gasteiger partial charge in [-0.1, -0.05) is 6.92 Å². The van der Waals surface area contributed by atoms with Crippen molar-refractivity contribution >= 4 is 5.91 Å². The summed E-state index contributed by atoms with van der Waals surface area (Å²) in [6.07, 6.45) is 2.52. The zero-order chi connectivity index (χ0) is 12.2. The lowest BCUT2D eigenvalue weighted by atomic mass is 10.2. The molecule has 0 saturated carbocycles. The summed E-state index contributed by atoms with van der Waals surface area (Å²) in [6.45, 7) is 4.53. The van der Waals surface area contributed by atoms with Crippen LogP contribution in [0.2, 0.25) is 0 Å². The minimum atomic E-state index is -0.377. The number of carbonyl (C=O) groups excluding carboxylic acids is 1. The number of unbranched alkanes of at least 4 members (excludes halogenated alkanes) is 1. The molecule has 5 nitrogen and oxygen atoms in total. The molecule has 0 aliphatic carbocycles. The summed E-state index contributed by atoms with van der Waals surface area (Å²) in [5.41, 5.74) is 5.56. The molecule has 0 aromatic rings. The average Bonchev–Trinajstić information content (AvgIpc) is 2.31. The number of ether oxygens (including phenoxy) is 2. The number of carbonyl (C=O) groups is 1. The zero-order valence-electron chi connectivity index (χ0n) is 10.3. The molecule has 0 heterocycles. The average molecular weight is 232 g/mol. The molecule has 0 fully saturated rings. The van der Waals surface area contributed by atoms with E-state index in [-0.39, 0.29) is 11.9 Å². The number of hydrogen-bond acceptors (Lipinski definition) is 4. The van der Waals surface area contributed by atoms with Crippen LogP contribution in [0, 0.1) is 0 Å². The molecule has 0 aromatic heterocycles. The van der Waals surface area contributed by atoms with Crippen LogP contribution < -0.4 is 11.1 Å². The van der Waals surface area contributed by atoms with Crippen molar-refractivity contribution in [3.05, 3.63) is 0 Å². The molecule has 0 aliphatic heterocycles. The van der Waals surface area contributed by atoms with Gasteiger partial charge in [0.25, 0.3) is 0 Å². The van der Waals surface area contributed by atoms with E-state index in [0.717, 1.165) is 12.8 Å². The molecule has 0 saturated heterocycles. The summed E-state index contributed by atoms with van der Waals surface area (Å²) in [4.78, 5) is 11.3. The van der Waals surface area contributed by atoms with E-state index >= 15 is 0 Å². The number of nitrogens with two attached hydrogens (primary N) is 1. The normalized spacial score (nSPS) is 12.4. The third kappa shape index (κ3) is 8.64. The highest BCUT2D eigenvalue weighted by Crippen LogP contribution is 1.90. The van der Waals surface area contributed by atoms with Gasteiger partial charge in [-0.05, 0) is 19.3 Å². The Bertz CT molecular complexity index is 177. The van der Waals surface area contributed by atoms with Gasteiger partial charge in [-0.15, -0.1) is 0 Å². The highest BCUT2D eigenvalue weighted by atomic mass is 16.5. The zero-order valence-corrected chi connectivity index (χ0v) is 10.3. The Morgan fingerprint density at radius 2 is 2.06 bits per heavy atom. The van der Waals surface area contributed by atoms with Crippen molar-refractivity contribution in [3.63, 3.8) is 0 Å². The second-order valence-corrected chi connectivity index (χ2v) is 3.62. The summed E-state index contributed by atoms with van der Waals surface area (Å²) in [5, 5.41) is 2.79. The predicted octanol–water partition coefficient (Wildman–Crippen LogP) is 0.283. The first-order valence-corrected chi connectivity index (χ1v) is 5.82. The van der Waals surface area contributed by atoms with Crippen LogP contribution in [0.25, 0.3) is 0 Å². The Kier molecular flexibility index (Phi) is 10.4. The molecule has 0 radical (unpaired) electrons. The van der Waals surface area contributed by atoms with Gasteiger partial charge in [0.2, 0.25) is 5.91 Å². The van der Waals surface area contributed by atoms with E-state index in [1.54, 1.807) is 7.11 Å². The fourth-order valence-corrected chi connectivity index (χ4v) is 1.10. The van der Waals surface area contributed by atoms with Crippen LogP contribution >= 0.6 is 0 Å². The Labute approximate surface area is 97.7 Å². The Morgan fingerprint density at radius 3 is 2.69 bits per heavy atom. The van der Waals surface area contributed by atoms with Crippen molar-refractivity contribution in [1.29, 1.82) is 0 Å². The molecule has 96 valence electrons. The maximum Gasteiger partial charge on any atom is 0.236 e. The van der Waals surface area contributed by atoms with Crippen molar-refractivity contribution < 1.29 is 14.3 Å². The molecule has 1 atom stereocenters. The summed E-state index contributed by atoms with van der Waals surface area (Å²) in [5.74, 6) is -0.0669. The van der Waals surface area contributed by atoms with Gasteiger partial charge in [0.15, 0.2) is 0 Å². The molecule has 3 N–H and O–H groups in total. The van der Waals surface area contributed by atoms with Gasteiger partial charge in [-0.2, -0.15) is 0 Å². The second kappa shape index (κ2) is 10.9. The van der Waals surface area contributed by atoms with Crippen LogP contribution in [0.3, 0.4) is 0 Å². The van der Waals surface area contributed by atoms with Gasteiger partial charge < -0.3 is 20.5 Å². The van der Waals surface area contributed by atoms with Gasteiger partial charge in [0.1, 0.15) is 0 Å². The second-order valence-electron chi connectivity index (χ2n) is 3.62. The Morgan fingerprint density at radius 1 is 1.31 bits per heavy atom. The third-order valence-electron chi connectivity index (χ3n) is 2.22. The smallest absolute Gasteiger partial charge is 0.236 e. The van der Waals surface area contributed by atoms with Crippen LogP contribution in [0.1, 0.15) is 26.2 Å². The molecule has 16 heavy (non-hydrogen) atoms. The SMILES string of the molecule is CC[C@H](N)C(=O)NCCCCOCCOC. The van der Waals surface area contributed by atoms with Crippen molar-refractivity contribution in [2.45, 2.75) is 32.2 Å². The van der Waals surface area contributed by atoms with E-state index < -0.39 is 0 Å². The molecular formula is C11H24N2O3. The Hall–Kier alpha value is -0.650. The first-order valence-electron chi connectivity index (χ1n) is 5.82. The lowest BCUT2D eigenvalue weighted by Crippen LogP contribution is -2.40. The molecule has 5 heteroatoms. The molecule has 0 aromatic carbocycles. The molecule has 0 rings (SSSR count). The highest BCUT2D eigenvalue weighted by Gasteiger charge is 2.08. The molecule has 0 aliphatic rings. The maximum absolute atomic E-state index is 11.3. The first-order chi connectivity index (χ1) is 7.72. The third-order valence-corrected chi connectivity index (χ3v) is 2.22. The van der Waals surface area contributed by atoms with Crippen LogP contribution in [-0.2, 0) is 14.3 Å². The molecule has 0 spiro atoms. The van der Waals surface area contributed by atoms with Crippen LogP contribution in [0.4, 0.5) is 0 Å². The number of amides is 1. The lowest BCUT2D eigenvalue weighted by molar-refractivity contribution is -0.122. The van der Waals surface area contributed by atoms with Gasteiger partial charge >= 0.3 is 0 Å². The fourth-order valence-electron chi connectivity index (χ4n) is 1.10. The van der Waals surface area contributed by atoms with Crippen molar-refractivity contribution in [1.82, 2.24) is 5.32 Å². The number of nitrogens with one attached hydrogen (secondary N) is 1. The Balaban J connectivity index is 3.18. The van der Waals surface area contributed by atoms with Crippen LogP contribution in [0.15, 0.2) is 0 Å². The molecular weight excluding hydrogens is 208 g/mol. The lowest BCUT2D eigenvalue weighted by Gasteiger charge is -2.09. The maximum atomic E-state index is 11.3. The van der Waals surface area contributed by atoms with Gasteiger partial charge in [-0.3, -0.25) is 4.79 Å². The van der Waals surface area contributed by atoms with E-state index in [4.69, 9.17) is 15.2 Å². The number of rotatable bonds is 10. The molecule has 0 bridgehead atoms. The van der Waals surface area contributed by atoms with Crippen molar-refractivity contribution in [3.8, 4) is 0 Å². The van der Waals surface area contributed by atoms with E-state index in [1.165, 1.54) is 0 Å². The standard InChI is InChI=1S/C11H24N2O3/c1-3-10(12)11(14)13-6-4-5-7-16-9-8-15-2/h10H,3-9,12H2,1-2H3,(H,13,14)/t10-/m0/s1. The van der Waals surface area contributed by atoms with E-state index in [9.17, 15) is 4.79 Å². The van der Waals surface area contributed by atoms with Crippen LogP contribution in [0.5, 0.6) is 0 Å². The number of hydrogen-bond donors (Lipinski definition) is 2. The summed E-state index contributed by atoms with van der Waals surface area (Å²) in [7, 11) is 1.65. The van der Waals surface area contributed by atoms with Crippen LogP contribution in [-0.4, -0.2) is 45.4 Å². The largest absolute Gasteiger partial charge is 0.382 e. The summed E-state index contributed by atoms with van der Waals surface area (Å²) in [6, 6.07) is -0.377. The van der Waals surface area contributed by atoms with E-state index in [1.807, 2.05) is 6.92 Å². The molecule has 0 unspecified atom stereocenters. The highest BCUT2D eigenvalue weighted by molar-refractivity contribution is 5.81. The number of methoxy groups -OCH3 is 1. The monoisotopic (exact) mass is 232 g/mol. The van der Waals surface area contributed by atoms with Gasteiger partial charge in [-0.25, -0.2) is 0 Å². The quantitative estimate of drug-likeness (QED) is 0.531. The topological polar surface area (TPSA) is 73.6 Å². The minimum Gasteiger partial charge on any atom is -0.382 e. The van der Waals surface area contributed by atoms with E-state index in [0.29, 0.717) is 32.8 Å².